The minimum atomic E-state index is -0.202. The maximum Gasteiger partial charge on any atom is 0.125 e. The number of hydrogen-bond donors (Lipinski definition) is 1. The van der Waals surface area contributed by atoms with Gasteiger partial charge in [-0.2, -0.15) is 0 Å². The molecule has 0 aliphatic heterocycles. The zero-order valence-corrected chi connectivity index (χ0v) is 11.7. The van der Waals surface area contributed by atoms with Gasteiger partial charge in [0.25, 0.3) is 0 Å². The van der Waals surface area contributed by atoms with E-state index in [0.29, 0.717) is 6.54 Å². The average molecular weight is 252 g/mol. The molecule has 3 heteroatoms. The summed E-state index contributed by atoms with van der Waals surface area (Å²) in [7, 11) is 1.99. The standard InChI is InChI=1S/C15H25FN2/c1-4-5-6-10-15(2,12-17)18(3)14-9-7-8-13(16)11-14/h7-9,11H,4-6,10,12,17H2,1-3H3. The molecule has 2 nitrogen and oxygen atoms in total. The minimum Gasteiger partial charge on any atom is -0.368 e. The molecule has 1 aromatic carbocycles. The molecule has 102 valence electrons. The van der Waals surface area contributed by atoms with Crippen molar-refractivity contribution in [2.45, 2.75) is 45.1 Å². The summed E-state index contributed by atoms with van der Waals surface area (Å²) in [6.07, 6.45) is 4.60. The van der Waals surface area contributed by atoms with Gasteiger partial charge in [-0.3, -0.25) is 0 Å². The van der Waals surface area contributed by atoms with Gasteiger partial charge in [-0.15, -0.1) is 0 Å². The van der Waals surface area contributed by atoms with Gasteiger partial charge in [0.2, 0.25) is 0 Å². The molecule has 2 N–H and O–H groups in total. The fraction of sp³-hybridized carbons (Fsp3) is 0.600. The Morgan fingerprint density at radius 3 is 2.61 bits per heavy atom. The quantitative estimate of drug-likeness (QED) is 0.752. The summed E-state index contributed by atoms with van der Waals surface area (Å²) in [5, 5.41) is 0. The highest BCUT2D eigenvalue weighted by atomic mass is 19.1. The maximum atomic E-state index is 13.3. The van der Waals surface area contributed by atoms with Gasteiger partial charge in [-0.1, -0.05) is 32.3 Å². The summed E-state index contributed by atoms with van der Waals surface area (Å²) in [6, 6.07) is 6.70. The number of nitrogens with two attached hydrogens (primary N) is 1. The Hall–Kier alpha value is -1.09. The zero-order valence-electron chi connectivity index (χ0n) is 11.7. The van der Waals surface area contributed by atoms with Crippen LogP contribution < -0.4 is 10.6 Å². The molecule has 0 amide bonds. The lowest BCUT2D eigenvalue weighted by Crippen LogP contribution is -2.50. The van der Waals surface area contributed by atoms with E-state index in [4.69, 9.17) is 5.73 Å². The number of rotatable bonds is 7. The molecule has 0 saturated heterocycles. The van der Waals surface area contributed by atoms with Crippen LogP contribution >= 0.6 is 0 Å². The number of nitrogens with zero attached hydrogens (tertiary/aromatic N) is 1. The number of benzene rings is 1. The van der Waals surface area contributed by atoms with Gasteiger partial charge in [0.15, 0.2) is 0 Å². The van der Waals surface area contributed by atoms with Crippen LogP contribution in [0, 0.1) is 5.82 Å². The SMILES string of the molecule is CCCCCC(C)(CN)N(C)c1cccc(F)c1. The average Bonchev–Trinajstić information content (AvgIpc) is 2.38. The van der Waals surface area contributed by atoms with Crippen LogP contribution in [0.2, 0.25) is 0 Å². The molecule has 18 heavy (non-hydrogen) atoms. The van der Waals surface area contributed by atoms with Crippen molar-refractivity contribution >= 4 is 5.69 Å². The first kappa shape index (κ1) is 15.0. The van der Waals surface area contributed by atoms with E-state index in [1.807, 2.05) is 13.1 Å². The number of anilines is 1. The predicted molar refractivity (Wildman–Crippen MR) is 76.4 cm³/mol. The van der Waals surface area contributed by atoms with E-state index in [0.717, 1.165) is 18.5 Å². The van der Waals surface area contributed by atoms with Crippen molar-refractivity contribution in [1.82, 2.24) is 0 Å². The molecule has 1 rings (SSSR count). The van der Waals surface area contributed by atoms with E-state index in [9.17, 15) is 4.39 Å². The minimum absolute atomic E-state index is 0.108. The summed E-state index contributed by atoms with van der Waals surface area (Å²) >= 11 is 0. The molecule has 0 aliphatic carbocycles. The molecule has 0 saturated carbocycles. The molecule has 1 aromatic rings. The molecular formula is C15H25FN2. The Kier molecular flexibility index (Phi) is 5.60. The van der Waals surface area contributed by atoms with Crippen LogP contribution in [-0.2, 0) is 0 Å². The van der Waals surface area contributed by atoms with E-state index < -0.39 is 0 Å². The number of halogens is 1. The van der Waals surface area contributed by atoms with Crippen LogP contribution in [-0.4, -0.2) is 19.1 Å². The molecule has 1 unspecified atom stereocenters. The van der Waals surface area contributed by atoms with Gasteiger partial charge in [-0.25, -0.2) is 4.39 Å². The highest BCUT2D eigenvalue weighted by Crippen LogP contribution is 2.26. The van der Waals surface area contributed by atoms with Crippen LogP contribution in [0.5, 0.6) is 0 Å². The summed E-state index contributed by atoms with van der Waals surface area (Å²) in [4.78, 5) is 2.10. The molecule has 0 fully saturated rings. The van der Waals surface area contributed by atoms with Crippen LogP contribution in [0.3, 0.4) is 0 Å². The van der Waals surface area contributed by atoms with Gasteiger partial charge in [0, 0.05) is 24.8 Å². The third-order valence-corrected chi connectivity index (χ3v) is 3.76. The van der Waals surface area contributed by atoms with Crippen molar-refractivity contribution in [2.24, 2.45) is 5.73 Å². The van der Waals surface area contributed by atoms with Crippen LogP contribution in [0.25, 0.3) is 0 Å². The second kappa shape index (κ2) is 6.74. The largest absolute Gasteiger partial charge is 0.368 e. The molecule has 0 spiro atoms. The Bertz CT molecular complexity index is 367. The van der Waals surface area contributed by atoms with E-state index in [-0.39, 0.29) is 11.4 Å². The highest BCUT2D eigenvalue weighted by molar-refractivity contribution is 5.48. The van der Waals surface area contributed by atoms with Crippen molar-refractivity contribution < 1.29 is 4.39 Å². The Labute approximate surface area is 110 Å². The summed E-state index contributed by atoms with van der Waals surface area (Å²) in [5.41, 5.74) is 6.71. The zero-order chi connectivity index (χ0) is 13.6. The maximum absolute atomic E-state index is 13.3. The Morgan fingerprint density at radius 1 is 1.33 bits per heavy atom. The molecule has 0 heterocycles. The van der Waals surface area contributed by atoms with Crippen LogP contribution in [0.15, 0.2) is 24.3 Å². The topological polar surface area (TPSA) is 29.3 Å². The number of unbranched alkanes of at least 4 members (excludes halogenated alkanes) is 2. The number of likely N-dealkylation sites (N-methyl/N-ethyl adjacent to an activating group) is 1. The van der Waals surface area contributed by atoms with E-state index in [1.165, 1.54) is 18.9 Å². The molecule has 0 aromatic heterocycles. The summed E-state index contributed by atoms with van der Waals surface area (Å²) in [6.45, 7) is 4.91. The fourth-order valence-corrected chi connectivity index (χ4v) is 2.16. The van der Waals surface area contributed by atoms with E-state index >= 15 is 0 Å². The lowest BCUT2D eigenvalue weighted by molar-refractivity contribution is 0.400. The Balaban J connectivity index is 2.80. The van der Waals surface area contributed by atoms with Crippen molar-refractivity contribution in [3.8, 4) is 0 Å². The smallest absolute Gasteiger partial charge is 0.125 e. The van der Waals surface area contributed by atoms with Gasteiger partial charge >= 0.3 is 0 Å². The van der Waals surface area contributed by atoms with Crippen LogP contribution in [0.1, 0.15) is 39.5 Å². The molecule has 0 aliphatic rings. The second-order valence-electron chi connectivity index (χ2n) is 5.20. The predicted octanol–water partition coefficient (Wildman–Crippen LogP) is 3.56. The first-order chi connectivity index (χ1) is 8.53. The van der Waals surface area contributed by atoms with Crippen molar-refractivity contribution in [3.05, 3.63) is 30.1 Å². The lowest BCUT2D eigenvalue weighted by Gasteiger charge is -2.40. The normalized spacial score (nSPS) is 14.3. The number of hydrogen-bond acceptors (Lipinski definition) is 2. The molecule has 1 atom stereocenters. The summed E-state index contributed by atoms with van der Waals surface area (Å²) < 4.78 is 13.3. The molecule has 0 radical (unpaired) electrons. The summed E-state index contributed by atoms with van der Waals surface area (Å²) in [5.74, 6) is -0.202. The van der Waals surface area contributed by atoms with Gasteiger partial charge in [0.05, 0.1) is 0 Å². The lowest BCUT2D eigenvalue weighted by atomic mass is 9.92. The van der Waals surface area contributed by atoms with E-state index in [2.05, 4.69) is 18.7 Å². The third kappa shape index (κ3) is 3.70. The van der Waals surface area contributed by atoms with Crippen molar-refractivity contribution in [2.75, 3.05) is 18.5 Å². The van der Waals surface area contributed by atoms with Gasteiger partial charge in [-0.05, 0) is 31.5 Å². The second-order valence-corrected chi connectivity index (χ2v) is 5.20. The van der Waals surface area contributed by atoms with Crippen LogP contribution in [0.4, 0.5) is 10.1 Å². The molecular weight excluding hydrogens is 227 g/mol. The third-order valence-electron chi connectivity index (χ3n) is 3.76. The highest BCUT2D eigenvalue weighted by Gasteiger charge is 2.27. The Morgan fingerprint density at radius 2 is 2.06 bits per heavy atom. The first-order valence-corrected chi connectivity index (χ1v) is 6.73. The molecule has 0 bridgehead atoms. The van der Waals surface area contributed by atoms with Crippen molar-refractivity contribution in [1.29, 1.82) is 0 Å². The first-order valence-electron chi connectivity index (χ1n) is 6.73. The van der Waals surface area contributed by atoms with Crippen molar-refractivity contribution in [3.63, 3.8) is 0 Å². The van der Waals surface area contributed by atoms with E-state index in [1.54, 1.807) is 12.1 Å². The monoisotopic (exact) mass is 252 g/mol. The fourth-order valence-electron chi connectivity index (χ4n) is 2.16. The van der Waals surface area contributed by atoms with Gasteiger partial charge in [0.1, 0.15) is 5.82 Å². The van der Waals surface area contributed by atoms with Gasteiger partial charge < -0.3 is 10.6 Å².